The molecule has 9 heteroatoms. The highest BCUT2D eigenvalue weighted by molar-refractivity contribution is 6.04. The number of carbonyl (C=O) groups is 1. The minimum Gasteiger partial charge on any atom is -0.494 e. The van der Waals surface area contributed by atoms with E-state index < -0.39 is 17.8 Å². The second-order valence-corrected chi connectivity index (χ2v) is 8.90. The van der Waals surface area contributed by atoms with Crippen molar-refractivity contribution >= 4 is 22.5 Å². The van der Waals surface area contributed by atoms with Gasteiger partial charge in [0.05, 0.1) is 13.2 Å². The van der Waals surface area contributed by atoms with Crippen LogP contribution in [0.25, 0.3) is 10.9 Å². The normalized spacial score (nSPS) is 19.1. The number of benzene rings is 1. The molecule has 1 aliphatic rings. The molecule has 0 unspecified atom stereocenters. The number of hydrogen-bond acceptors (Lipinski definition) is 4. The van der Waals surface area contributed by atoms with Gasteiger partial charge in [-0.2, -0.15) is 18.3 Å². The number of nitrogens with one attached hydrogen (secondary N) is 1. The summed E-state index contributed by atoms with van der Waals surface area (Å²) in [4.78, 5) is 16.0. The van der Waals surface area contributed by atoms with Gasteiger partial charge in [-0.25, -0.2) is 4.98 Å². The van der Waals surface area contributed by atoms with E-state index in [0.29, 0.717) is 28.9 Å². The second-order valence-electron chi connectivity index (χ2n) is 8.90. The van der Waals surface area contributed by atoms with Crippen LogP contribution in [0.2, 0.25) is 0 Å². The number of hydrogen-bond donors (Lipinski definition) is 1. The van der Waals surface area contributed by atoms with Gasteiger partial charge in [0, 0.05) is 23.3 Å². The van der Waals surface area contributed by atoms with E-state index in [0.717, 1.165) is 36.3 Å². The van der Waals surface area contributed by atoms with Gasteiger partial charge in [-0.1, -0.05) is 19.9 Å². The van der Waals surface area contributed by atoms with Crippen molar-refractivity contribution < 1.29 is 22.7 Å². The third-order valence-electron chi connectivity index (χ3n) is 6.40. The Balaban J connectivity index is 1.56. The predicted octanol–water partition coefficient (Wildman–Crippen LogP) is 6.10. The molecule has 0 spiro atoms. The predicted molar refractivity (Wildman–Crippen MR) is 119 cm³/mol. The van der Waals surface area contributed by atoms with Crippen LogP contribution in [0.15, 0.2) is 36.5 Å². The van der Waals surface area contributed by atoms with Gasteiger partial charge in [-0.3, -0.25) is 9.48 Å². The minimum absolute atomic E-state index is 0.310. The van der Waals surface area contributed by atoms with Crippen LogP contribution in [-0.4, -0.2) is 27.8 Å². The zero-order valence-corrected chi connectivity index (χ0v) is 18.8. The summed E-state index contributed by atoms with van der Waals surface area (Å²) in [5.74, 6) is 1.17. The minimum atomic E-state index is -4.62. The quantitative estimate of drug-likeness (QED) is 0.500. The first-order valence-corrected chi connectivity index (χ1v) is 11.1. The van der Waals surface area contributed by atoms with Crippen LogP contribution in [0, 0.1) is 11.8 Å². The van der Waals surface area contributed by atoms with Crippen LogP contribution < -0.4 is 10.1 Å². The van der Waals surface area contributed by atoms with E-state index in [2.05, 4.69) is 24.1 Å². The number of halogens is 3. The lowest BCUT2D eigenvalue weighted by Gasteiger charge is -2.30. The molecular weight excluding hydrogens is 433 g/mol. The molecule has 0 atom stereocenters. The first kappa shape index (κ1) is 23.1. The number of rotatable bonds is 5. The van der Waals surface area contributed by atoms with Gasteiger partial charge < -0.3 is 10.1 Å². The fourth-order valence-corrected chi connectivity index (χ4v) is 4.48. The average molecular weight is 461 g/mol. The Kier molecular flexibility index (Phi) is 6.32. The summed E-state index contributed by atoms with van der Waals surface area (Å²) in [5.41, 5.74) is -0.358. The van der Waals surface area contributed by atoms with Crippen LogP contribution in [0.3, 0.4) is 0 Å². The van der Waals surface area contributed by atoms with E-state index in [1.807, 2.05) is 10.9 Å². The number of ether oxygens (including phenoxy) is 1. The van der Waals surface area contributed by atoms with E-state index in [4.69, 9.17) is 9.84 Å². The topological polar surface area (TPSA) is 69.0 Å². The zero-order valence-electron chi connectivity index (χ0n) is 18.8. The molecule has 1 saturated carbocycles. The van der Waals surface area contributed by atoms with Crippen molar-refractivity contribution in [3.8, 4) is 5.75 Å². The molecule has 2 heterocycles. The first-order valence-electron chi connectivity index (χ1n) is 11.1. The molecule has 1 amide bonds. The van der Waals surface area contributed by atoms with Crippen molar-refractivity contribution in [2.45, 2.75) is 51.7 Å². The fraction of sp³-hybridized carbons (Fsp3) is 0.458. The first-order chi connectivity index (χ1) is 15.7. The Morgan fingerprint density at radius 3 is 2.55 bits per heavy atom. The number of aromatic nitrogens is 3. The lowest BCUT2D eigenvalue weighted by atomic mass is 9.80. The van der Waals surface area contributed by atoms with Crippen LogP contribution in [-0.2, 0) is 6.18 Å². The van der Waals surface area contributed by atoms with Crippen LogP contribution in [0.1, 0.15) is 61.8 Å². The van der Waals surface area contributed by atoms with Gasteiger partial charge in [0.25, 0.3) is 5.91 Å². The number of nitrogens with zero attached hydrogens (tertiary/aromatic N) is 3. The van der Waals surface area contributed by atoms with Gasteiger partial charge in [-0.15, -0.1) is 0 Å². The van der Waals surface area contributed by atoms with Crippen LogP contribution in [0.4, 0.5) is 18.9 Å². The molecule has 0 radical (unpaired) electrons. The second kappa shape index (κ2) is 9.03. The molecule has 0 bridgehead atoms. The fourth-order valence-electron chi connectivity index (χ4n) is 4.48. The summed E-state index contributed by atoms with van der Waals surface area (Å²) in [6.07, 6.45) is 1.77. The molecule has 1 fully saturated rings. The number of pyridine rings is 1. The van der Waals surface area contributed by atoms with Gasteiger partial charge in [0.15, 0.2) is 0 Å². The number of amides is 1. The number of anilines is 1. The third kappa shape index (κ3) is 4.96. The molecule has 3 aromatic rings. The summed E-state index contributed by atoms with van der Waals surface area (Å²) < 4.78 is 46.2. The Morgan fingerprint density at radius 1 is 1.18 bits per heavy atom. The number of fused-ring (bicyclic) bond motifs is 1. The lowest BCUT2D eigenvalue weighted by molar-refractivity contribution is -0.141. The molecule has 2 aromatic heterocycles. The van der Waals surface area contributed by atoms with E-state index in [1.54, 1.807) is 12.1 Å². The van der Waals surface area contributed by atoms with E-state index in [9.17, 15) is 18.0 Å². The Bertz CT molecular complexity index is 1150. The van der Waals surface area contributed by atoms with Crippen molar-refractivity contribution in [3.05, 3.63) is 47.9 Å². The molecule has 33 heavy (non-hydrogen) atoms. The molecule has 176 valence electrons. The highest BCUT2D eigenvalue weighted by Crippen LogP contribution is 2.37. The lowest BCUT2D eigenvalue weighted by Crippen LogP contribution is -2.21. The maximum atomic E-state index is 12.9. The van der Waals surface area contributed by atoms with E-state index in [-0.39, 0.29) is 5.69 Å². The number of alkyl halides is 3. The summed E-state index contributed by atoms with van der Waals surface area (Å²) in [6, 6.07) is 6.89. The largest absolute Gasteiger partial charge is 0.494 e. The molecule has 6 nitrogen and oxygen atoms in total. The highest BCUT2D eigenvalue weighted by Gasteiger charge is 2.33. The maximum absolute atomic E-state index is 12.9. The summed E-state index contributed by atoms with van der Waals surface area (Å²) >= 11 is 0. The Morgan fingerprint density at radius 2 is 1.91 bits per heavy atom. The SMILES string of the molecule is COc1cc(NC(=O)c2cccc(C(F)(F)F)n2)cc2cn(C3CCC(C(C)C)CC3)nc12. The molecule has 1 N–H and O–H groups in total. The van der Waals surface area contributed by atoms with E-state index in [1.165, 1.54) is 26.0 Å². The van der Waals surface area contributed by atoms with Gasteiger partial charge in [0.1, 0.15) is 22.7 Å². The van der Waals surface area contributed by atoms with Gasteiger partial charge in [-0.05, 0) is 55.7 Å². The monoisotopic (exact) mass is 460 g/mol. The Labute approximate surface area is 190 Å². The van der Waals surface area contributed by atoms with Crippen molar-refractivity contribution in [2.75, 3.05) is 12.4 Å². The third-order valence-corrected chi connectivity index (χ3v) is 6.40. The number of carbonyl (C=O) groups excluding carboxylic acids is 1. The smallest absolute Gasteiger partial charge is 0.433 e. The average Bonchev–Trinajstić information content (AvgIpc) is 3.22. The standard InChI is InChI=1S/C24H27F3N4O2/c1-14(2)15-7-9-18(10-8-15)31-13-16-11-17(12-20(33-3)22(16)30-31)28-23(32)19-5-4-6-21(29-19)24(25,26)27/h4-6,11-15,18H,7-10H2,1-3H3,(H,28,32). The summed E-state index contributed by atoms with van der Waals surface area (Å²) in [5, 5.41) is 8.15. The molecule has 4 rings (SSSR count). The highest BCUT2D eigenvalue weighted by atomic mass is 19.4. The summed E-state index contributed by atoms with van der Waals surface area (Å²) in [7, 11) is 1.52. The van der Waals surface area contributed by atoms with Crippen molar-refractivity contribution in [3.63, 3.8) is 0 Å². The van der Waals surface area contributed by atoms with Crippen molar-refractivity contribution in [2.24, 2.45) is 11.8 Å². The molecular formula is C24H27F3N4O2. The zero-order chi connectivity index (χ0) is 23.8. The van der Waals surface area contributed by atoms with Crippen molar-refractivity contribution in [1.29, 1.82) is 0 Å². The Hall–Kier alpha value is -3.10. The molecule has 0 aliphatic heterocycles. The van der Waals surface area contributed by atoms with Crippen LogP contribution in [0.5, 0.6) is 5.75 Å². The van der Waals surface area contributed by atoms with Gasteiger partial charge in [0.2, 0.25) is 0 Å². The summed E-state index contributed by atoms with van der Waals surface area (Å²) in [6.45, 7) is 4.53. The maximum Gasteiger partial charge on any atom is 0.433 e. The van der Waals surface area contributed by atoms with E-state index >= 15 is 0 Å². The number of methoxy groups -OCH3 is 1. The van der Waals surface area contributed by atoms with Crippen LogP contribution >= 0.6 is 0 Å². The van der Waals surface area contributed by atoms with Crippen molar-refractivity contribution in [1.82, 2.24) is 14.8 Å². The molecule has 1 aromatic carbocycles. The van der Waals surface area contributed by atoms with Gasteiger partial charge >= 0.3 is 6.18 Å². The molecule has 1 aliphatic carbocycles. The molecule has 0 saturated heterocycles.